The second-order valence-electron chi connectivity index (χ2n) is 6.27. The SMILES string of the molecule is CN1N=CC(c2nn(C)c(=O)n(Cc3ccccc3C(F)(F)F)c2=O)C(=O)C1=O. The molecule has 2 aromatic rings. The van der Waals surface area contributed by atoms with Crippen molar-refractivity contribution in [3.8, 4) is 0 Å². The molecule has 1 aliphatic rings. The zero-order valence-corrected chi connectivity index (χ0v) is 15.2. The standard InChI is InChI=1S/C17H14F3N5O4/c1-23-15(28)13(26)10(7-21-23)12-14(27)25(16(29)24(2)22-12)8-9-5-3-4-6-11(9)17(18,19)20/h3-7,10H,8H2,1-2H3. The summed E-state index contributed by atoms with van der Waals surface area (Å²) in [6, 6.07) is 4.50. The molecule has 1 unspecified atom stereocenters. The van der Waals surface area contributed by atoms with Crippen LogP contribution in [0, 0.1) is 0 Å². The fourth-order valence-corrected chi connectivity index (χ4v) is 2.86. The Morgan fingerprint density at radius 1 is 1.07 bits per heavy atom. The molecule has 0 radical (unpaired) electrons. The minimum absolute atomic E-state index is 0.309. The Labute approximate surface area is 160 Å². The van der Waals surface area contributed by atoms with Crippen LogP contribution < -0.4 is 11.2 Å². The van der Waals surface area contributed by atoms with Gasteiger partial charge in [0.25, 0.3) is 5.56 Å². The molecule has 3 rings (SSSR count). The Bertz CT molecular complexity index is 1150. The third kappa shape index (κ3) is 3.60. The lowest BCUT2D eigenvalue weighted by molar-refractivity contribution is -0.144. The average molecular weight is 409 g/mol. The van der Waals surface area contributed by atoms with Gasteiger partial charge >= 0.3 is 17.8 Å². The number of Topliss-reactive ketones (excluding diaryl/α,β-unsaturated/α-hetero) is 1. The first kappa shape index (κ1) is 20.2. The van der Waals surface area contributed by atoms with Crippen molar-refractivity contribution in [3.05, 3.63) is 61.9 Å². The maximum absolute atomic E-state index is 13.2. The lowest BCUT2D eigenvalue weighted by Gasteiger charge is -2.20. The molecule has 0 aliphatic carbocycles. The molecular weight excluding hydrogens is 395 g/mol. The summed E-state index contributed by atoms with van der Waals surface area (Å²) >= 11 is 0. The molecule has 9 nitrogen and oxygen atoms in total. The number of carbonyl (C=O) groups is 2. The summed E-state index contributed by atoms with van der Waals surface area (Å²) in [5.41, 5.74) is -3.84. The topological polar surface area (TPSA) is 107 Å². The number of likely N-dealkylation sites (N-methyl/N-ethyl adjacent to an activating group) is 1. The summed E-state index contributed by atoms with van der Waals surface area (Å²) in [6.07, 6.45) is -3.67. The van der Waals surface area contributed by atoms with Crippen LogP contribution in [0.25, 0.3) is 0 Å². The van der Waals surface area contributed by atoms with Crippen molar-refractivity contribution in [2.75, 3.05) is 7.05 Å². The van der Waals surface area contributed by atoms with Crippen LogP contribution in [0.1, 0.15) is 22.7 Å². The average Bonchev–Trinajstić information content (AvgIpc) is 2.66. The molecule has 0 fully saturated rings. The van der Waals surface area contributed by atoms with E-state index < -0.39 is 52.8 Å². The lowest BCUT2D eigenvalue weighted by Crippen LogP contribution is -2.47. The maximum Gasteiger partial charge on any atom is 0.416 e. The number of aromatic nitrogens is 3. The second kappa shape index (κ2) is 7.11. The highest BCUT2D eigenvalue weighted by atomic mass is 19.4. The van der Waals surface area contributed by atoms with Gasteiger partial charge in [-0.1, -0.05) is 18.2 Å². The summed E-state index contributed by atoms with van der Waals surface area (Å²) in [5.74, 6) is -3.42. The van der Waals surface area contributed by atoms with E-state index in [0.29, 0.717) is 4.57 Å². The molecule has 0 saturated carbocycles. The minimum Gasteiger partial charge on any atom is -0.287 e. The van der Waals surface area contributed by atoms with Gasteiger partial charge in [0.05, 0.1) is 12.1 Å². The minimum atomic E-state index is -4.69. The van der Waals surface area contributed by atoms with Gasteiger partial charge in [0.1, 0.15) is 11.6 Å². The molecule has 12 heteroatoms. The third-order valence-corrected chi connectivity index (χ3v) is 4.35. The summed E-state index contributed by atoms with van der Waals surface area (Å²) < 4.78 is 41.0. The number of alkyl halides is 3. The van der Waals surface area contributed by atoms with E-state index in [-0.39, 0.29) is 5.56 Å². The molecule has 1 aliphatic heterocycles. The van der Waals surface area contributed by atoms with Gasteiger partial charge in [0.2, 0.25) is 5.78 Å². The lowest BCUT2D eigenvalue weighted by atomic mass is 10.00. The normalized spacial score (nSPS) is 17.1. The van der Waals surface area contributed by atoms with Gasteiger partial charge in [-0.3, -0.25) is 19.0 Å². The van der Waals surface area contributed by atoms with E-state index >= 15 is 0 Å². The van der Waals surface area contributed by atoms with Crippen LogP contribution in [-0.4, -0.2) is 44.3 Å². The number of ketones is 1. The summed E-state index contributed by atoms with van der Waals surface area (Å²) in [4.78, 5) is 49.3. The molecule has 1 aromatic heterocycles. The summed E-state index contributed by atoms with van der Waals surface area (Å²) in [6.45, 7) is -0.692. The predicted molar refractivity (Wildman–Crippen MR) is 93.3 cm³/mol. The van der Waals surface area contributed by atoms with Crippen LogP contribution in [0.4, 0.5) is 13.2 Å². The van der Waals surface area contributed by atoms with E-state index in [0.717, 1.165) is 28.0 Å². The molecule has 1 amide bonds. The second-order valence-corrected chi connectivity index (χ2v) is 6.27. The van der Waals surface area contributed by atoms with E-state index in [2.05, 4.69) is 10.2 Å². The molecule has 1 atom stereocenters. The molecule has 152 valence electrons. The van der Waals surface area contributed by atoms with E-state index in [9.17, 15) is 32.3 Å². The highest BCUT2D eigenvalue weighted by molar-refractivity contribution is 6.42. The van der Waals surface area contributed by atoms with Gasteiger partial charge in [-0.2, -0.15) is 23.4 Å². The van der Waals surface area contributed by atoms with Gasteiger partial charge < -0.3 is 0 Å². The van der Waals surface area contributed by atoms with Crippen molar-refractivity contribution < 1.29 is 22.8 Å². The van der Waals surface area contributed by atoms with Crippen molar-refractivity contribution in [1.82, 2.24) is 19.4 Å². The van der Waals surface area contributed by atoms with Crippen LogP contribution in [0.5, 0.6) is 0 Å². The first-order chi connectivity index (χ1) is 13.5. The van der Waals surface area contributed by atoms with Gasteiger partial charge in [-0.25, -0.2) is 14.5 Å². The van der Waals surface area contributed by atoms with E-state index in [1.54, 1.807) is 0 Å². The Morgan fingerprint density at radius 3 is 2.38 bits per heavy atom. The number of nitrogens with zero attached hydrogens (tertiary/aromatic N) is 5. The van der Waals surface area contributed by atoms with E-state index in [4.69, 9.17) is 0 Å². The number of carbonyl (C=O) groups excluding carboxylic acids is 2. The van der Waals surface area contributed by atoms with Crippen molar-refractivity contribution in [1.29, 1.82) is 0 Å². The van der Waals surface area contributed by atoms with Gasteiger partial charge in [-0.05, 0) is 11.6 Å². The molecule has 0 N–H and O–H groups in total. The predicted octanol–water partition coefficient (Wildman–Crippen LogP) is 0.120. The van der Waals surface area contributed by atoms with Crippen molar-refractivity contribution in [2.24, 2.45) is 12.1 Å². The molecule has 2 heterocycles. The number of hydrogen-bond donors (Lipinski definition) is 0. The van der Waals surface area contributed by atoms with E-state index in [1.165, 1.54) is 26.2 Å². The quantitative estimate of drug-likeness (QED) is 0.670. The smallest absolute Gasteiger partial charge is 0.287 e. The fraction of sp³-hybridized carbons (Fsp3) is 0.294. The number of hydrazone groups is 1. The van der Waals surface area contributed by atoms with Crippen LogP contribution >= 0.6 is 0 Å². The number of aryl methyl sites for hydroxylation is 1. The first-order valence-electron chi connectivity index (χ1n) is 8.21. The molecule has 0 saturated heterocycles. The Kier molecular flexibility index (Phi) is 4.95. The number of rotatable bonds is 3. The highest BCUT2D eigenvalue weighted by Gasteiger charge is 2.36. The molecule has 0 bridgehead atoms. The molecular formula is C17H14F3N5O4. The third-order valence-electron chi connectivity index (χ3n) is 4.35. The molecule has 1 aromatic carbocycles. The Hall–Kier alpha value is -3.57. The number of amides is 1. The molecule has 29 heavy (non-hydrogen) atoms. The number of halogens is 3. The van der Waals surface area contributed by atoms with E-state index in [1.807, 2.05) is 0 Å². The molecule has 0 spiro atoms. The largest absolute Gasteiger partial charge is 0.416 e. The van der Waals surface area contributed by atoms with Crippen LogP contribution in [0.3, 0.4) is 0 Å². The monoisotopic (exact) mass is 409 g/mol. The zero-order chi connectivity index (χ0) is 21.5. The first-order valence-corrected chi connectivity index (χ1v) is 8.21. The van der Waals surface area contributed by atoms with Crippen LogP contribution in [0.2, 0.25) is 0 Å². The van der Waals surface area contributed by atoms with Crippen LogP contribution in [-0.2, 0) is 29.4 Å². The van der Waals surface area contributed by atoms with Gasteiger partial charge in [-0.15, -0.1) is 0 Å². The Morgan fingerprint density at radius 2 is 1.72 bits per heavy atom. The van der Waals surface area contributed by atoms with Gasteiger partial charge in [0, 0.05) is 20.3 Å². The van der Waals surface area contributed by atoms with Gasteiger partial charge in [0.15, 0.2) is 0 Å². The van der Waals surface area contributed by atoms with Crippen LogP contribution in [0.15, 0.2) is 39.0 Å². The van der Waals surface area contributed by atoms with Crippen molar-refractivity contribution in [2.45, 2.75) is 18.6 Å². The number of hydrogen-bond acceptors (Lipinski definition) is 6. The summed E-state index contributed by atoms with van der Waals surface area (Å²) in [7, 11) is 2.42. The summed E-state index contributed by atoms with van der Waals surface area (Å²) in [5, 5.41) is 8.21. The zero-order valence-electron chi connectivity index (χ0n) is 15.2. The maximum atomic E-state index is 13.2. The highest BCUT2D eigenvalue weighted by Crippen LogP contribution is 2.32. The van der Waals surface area contributed by atoms with Crippen molar-refractivity contribution in [3.63, 3.8) is 0 Å². The number of benzene rings is 1. The fourth-order valence-electron chi connectivity index (χ4n) is 2.86. The Balaban J connectivity index is 2.15. The van der Waals surface area contributed by atoms with Crippen molar-refractivity contribution >= 4 is 17.9 Å².